The van der Waals surface area contributed by atoms with Gasteiger partial charge >= 0.3 is 5.97 Å². The van der Waals surface area contributed by atoms with E-state index in [1.807, 2.05) is 38.4 Å². The maximum absolute atomic E-state index is 11.0. The number of aliphatic carboxylic acids is 1. The fourth-order valence-electron chi connectivity index (χ4n) is 2.79. The zero-order chi connectivity index (χ0) is 19.4. The molecule has 0 bridgehead atoms. The zero-order valence-electron chi connectivity index (χ0n) is 15.5. The van der Waals surface area contributed by atoms with Gasteiger partial charge in [-0.15, -0.1) is 0 Å². The maximum atomic E-state index is 11.0. The van der Waals surface area contributed by atoms with Gasteiger partial charge in [-0.25, -0.2) is 4.98 Å². The van der Waals surface area contributed by atoms with Crippen LogP contribution in [0.2, 0.25) is 0 Å². The van der Waals surface area contributed by atoms with Gasteiger partial charge < -0.3 is 15.7 Å². The fourth-order valence-corrected chi connectivity index (χ4v) is 2.79. The van der Waals surface area contributed by atoms with Gasteiger partial charge in [0.15, 0.2) is 0 Å². The van der Waals surface area contributed by atoms with Crippen LogP contribution in [0.1, 0.15) is 49.0 Å². The zero-order valence-corrected chi connectivity index (χ0v) is 15.5. The molecule has 0 radical (unpaired) electrons. The number of anilines is 1. The van der Waals surface area contributed by atoms with E-state index in [0.717, 1.165) is 5.56 Å². The molecule has 6 nitrogen and oxygen atoms in total. The average molecular weight is 352 g/mol. The third-order valence-electron chi connectivity index (χ3n) is 4.64. The maximum Gasteiger partial charge on any atom is 0.304 e. The second-order valence-electron chi connectivity index (χ2n) is 6.73. The highest BCUT2D eigenvalue weighted by Gasteiger charge is 2.18. The lowest BCUT2D eigenvalue weighted by atomic mass is 9.94. The van der Waals surface area contributed by atoms with Crippen molar-refractivity contribution in [2.75, 3.05) is 19.8 Å². The van der Waals surface area contributed by atoms with E-state index in [2.05, 4.69) is 22.9 Å². The van der Waals surface area contributed by atoms with Crippen LogP contribution in [0.15, 0.2) is 30.3 Å². The van der Waals surface area contributed by atoms with E-state index in [1.165, 1.54) is 5.56 Å². The van der Waals surface area contributed by atoms with Gasteiger partial charge in [-0.1, -0.05) is 31.2 Å². The number of carboxylic acid groups (broad SMARTS) is 1. The first-order valence-corrected chi connectivity index (χ1v) is 8.43. The Morgan fingerprint density at radius 2 is 1.92 bits per heavy atom. The minimum Gasteiger partial charge on any atom is -0.481 e. The molecule has 0 aliphatic carbocycles. The number of nitrogen functional groups attached to an aromatic ring is 1. The van der Waals surface area contributed by atoms with Crippen LogP contribution in [0.25, 0.3) is 11.1 Å². The lowest BCUT2D eigenvalue weighted by molar-refractivity contribution is -0.137. The van der Waals surface area contributed by atoms with Crippen molar-refractivity contribution >= 4 is 11.8 Å². The molecular formula is C20H24N4O2. The molecule has 0 spiro atoms. The van der Waals surface area contributed by atoms with E-state index in [9.17, 15) is 10.1 Å². The van der Waals surface area contributed by atoms with Crippen molar-refractivity contribution in [3.05, 3.63) is 47.2 Å². The molecule has 0 saturated heterocycles. The summed E-state index contributed by atoms with van der Waals surface area (Å²) in [7, 11) is 4.04. The first-order valence-electron chi connectivity index (χ1n) is 8.43. The van der Waals surface area contributed by atoms with Gasteiger partial charge in [0.1, 0.15) is 17.5 Å². The Morgan fingerprint density at radius 3 is 2.42 bits per heavy atom. The summed E-state index contributed by atoms with van der Waals surface area (Å²) in [6.45, 7) is 3.90. The molecule has 0 fully saturated rings. The van der Waals surface area contributed by atoms with Crippen LogP contribution in [-0.2, 0) is 4.79 Å². The van der Waals surface area contributed by atoms with Crippen LogP contribution >= 0.6 is 0 Å². The topological polar surface area (TPSA) is 103 Å². The molecule has 1 aromatic carbocycles. The number of aromatic nitrogens is 1. The Bertz CT molecular complexity index is 838. The van der Waals surface area contributed by atoms with E-state index in [1.54, 1.807) is 13.0 Å². The van der Waals surface area contributed by atoms with E-state index < -0.39 is 5.97 Å². The number of nitriles is 1. The van der Waals surface area contributed by atoms with Crippen LogP contribution < -0.4 is 5.73 Å². The Morgan fingerprint density at radius 1 is 1.31 bits per heavy atom. The minimum absolute atomic E-state index is 0.0446. The number of carbonyl (C=O) groups is 1. The molecule has 136 valence electrons. The standard InChI is InChI=1S/C20H24N4O2/c1-12(9-19(25)26)18-10-16(17(11-21)20(22)23-18)15-7-5-14(6-8-15)13(2)24(3)4/h5-8,10,12-13H,9H2,1-4H3,(H2,22,23)(H,25,26). The molecule has 0 aliphatic heterocycles. The summed E-state index contributed by atoms with van der Waals surface area (Å²) in [4.78, 5) is 17.3. The molecule has 0 saturated carbocycles. The molecule has 0 amide bonds. The van der Waals surface area contributed by atoms with E-state index in [4.69, 9.17) is 10.8 Å². The SMILES string of the molecule is CC(CC(=O)O)c1cc(-c2ccc(C(C)N(C)C)cc2)c(C#N)c(N)n1. The summed E-state index contributed by atoms with van der Waals surface area (Å²) >= 11 is 0. The molecule has 2 unspecified atom stereocenters. The molecule has 3 N–H and O–H groups in total. The first-order chi connectivity index (χ1) is 12.2. The molecule has 2 rings (SSSR count). The normalized spacial score (nSPS) is 13.2. The van der Waals surface area contributed by atoms with Crippen LogP contribution in [-0.4, -0.2) is 35.1 Å². The van der Waals surface area contributed by atoms with Crippen molar-refractivity contribution in [3.63, 3.8) is 0 Å². The monoisotopic (exact) mass is 352 g/mol. The van der Waals surface area contributed by atoms with Crippen LogP contribution in [0.5, 0.6) is 0 Å². The molecular weight excluding hydrogens is 328 g/mol. The van der Waals surface area contributed by atoms with Crippen molar-refractivity contribution in [2.45, 2.75) is 32.2 Å². The second-order valence-corrected chi connectivity index (χ2v) is 6.73. The van der Waals surface area contributed by atoms with Gasteiger partial charge in [-0.3, -0.25) is 4.79 Å². The van der Waals surface area contributed by atoms with Crippen LogP contribution in [0, 0.1) is 11.3 Å². The highest BCUT2D eigenvalue weighted by Crippen LogP contribution is 2.31. The summed E-state index contributed by atoms with van der Waals surface area (Å²) in [6.07, 6.45) is -0.0446. The number of pyridine rings is 1. The number of carboxylic acids is 1. The number of benzene rings is 1. The average Bonchev–Trinajstić information content (AvgIpc) is 2.59. The third-order valence-corrected chi connectivity index (χ3v) is 4.64. The molecule has 2 atom stereocenters. The van der Waals surface area contributed by atoms with Gasteiger partial charge in [-0.2, -0.15) is 5.26 Å². The summed E-state index contributed by atoms with van der Waals surface area (Å²) in [5.74, 6) is -1.07. The van der Waals surface area contributed by atoms with Crippen LogP contribution in [0.4, 0.5) is 5.82 Å². The van der Waals surface area contributed by atoms with Crippen molar-refractivity contribution in [3.8, 4) is 17.2 Å². The third kappa shape index (κ3) is 4.19. The number of nitrogens with zero attached hydrogens (tertiary/aromatic N) is 3. The summed E-state index contributed by atoms with van der Waals surface area (Å²) in [5, 5.41) is 18.5. The van der Waals surface area contributed by atoms with Crippen molar-refractivity contribution < 1.29 is 9.90 Å². The molecule has 2 aromatic rings. The fraction of sp³-hybridized carbons (Fsp3) is 0.350. The first kappa shape index (κ1) is 19.4. The van der Waals surface area contributed by atoms with E-state index in [0.29, 0.717) is 16.8 Å². The number of hydrogen-bond acceptors (Lipinski definition) is 5. The number of rotatable bonds is 6. The predicted octanol–water partition coefficient (Wildman–Crippen LogP) is 3.40. The van der Waals surface area contributed by atoms with Crippen molar-refractivity contribution in [1.82, 2.24) is 9.88 Å². The molecule has 1 aromatic heterocycles. The number of nitrogens with two attached hydrogens (primary N) is 1. The van der Waals surface area contributed by atoms with Gasteiger partial charge in [0, 0.05) is 23.2 Å². The lowest BCUT2D eigenvalue weighted by Crippen LogP contribution is -2.16. The minimum atomic E-state index is -0.897. The quantitative estimate of drug-likeness (QED) is 0.826. The highest BCUT2D eigenvalue weighted by molar-refractivity contribution is 5.76. The molecule has 1 heterocycles. The second kappa shape index (κ2) is 7.98. The van der Waals surface area contributed by atoms with Gasteiger partial charge in [0.2, 0.25) is 0 Å². The summed E-state index contributed by atoms with van der Waals surface area (Å²) < 4.78 is 0. The molecule has 0 aliphatic rings. The number of hydrogen-bond donors (Lipinski definition) is 2. The van der Waals surface area contributed by atoms with Crippen molar-refractivity contribution in [2.24, 2.45) is 0 Å². The largest absolute Gasteiger partial charge is 0.481 e. The smallest absolute Gasteiger partial charge is 0.304 e. The van der Waals surface area contributed by atoms with E-state index in [-0.39, 0.29) is 24.2 Å². The van der Waals surface area contributed by atoms with E-state index >= 15 is 0 Å². The Labute approximate surface area is 153 Å². The summed E-state index contributed by atoms with van der Waals surface area (Å²) in [5.41, 5.74) is 9.55. The molecule has 6 heteroatoms. The Balaban J connectivity index is 2.49. The highest BCUT2D eigenvalue weighted by atomic mass is 16.4. The van der Waals surface area contributed by atoms with Gasteiger partial charge in [-0.05, 0) is 38.2 Å². The van der Waals surface area contributed by atoms with Gasteiger partial charge in [0.05, 0.1) is 6.42 Å². The Kier molecular flexibility index (Phi) is 5.96. The van der Waals surface area contributed by atoms with Crippen molar-refractivity contribution in [1.29, 1.82) is 5.26 Å². The lowest BCUT2D eigenvalue weighted by Gasteiger charge is -2.20. The molecule has 26 heavy (non-hydrogen) atoms. The predicted molar refractivity (Wildman–Crippen MR) is 102 cm³/mol. The van der Waals surface area contributed by atoms with Crippen LogP contribution in [0.3, 0.4) is 0 Å². The summed E-state index contributed by atoms with van der Waals surface area (Å²) in [6, 6.07) is 12.1. The van der Waals surface area contributed by atoms with Gasteiger partial charge in [0.25, 0.3) is 0 Å². The Hall–Kier alpha value is -2.91.